The third-order valence-electron chi connectivity index (χ3n) is 3.89. The zero-order valence-corrected chi connectivity index (χ0v) is 15.2. The van der Waals surface area contributed by atoms with E-state index in [2.05, 4.69) is 58.7 Å². The van der Waals surface area contributed by atoms with Crippen LogP contribution in [0.1, 0.15) is 27.9 Å². The number of hydrogen-bond acceptors (Lipinski definition) is 2. The van der Waals surface area contributed by atoms with Crippen LogP contribution in [0.2, 0.25) is 0 Å². The highest BCUT2D eigenvalue weighted by Crippen LogP contribution is 2.08. The number of nitrogens with one attached hydrogen (secondary N) is 2. The molecule has 1 aromatic heterocycles. The number of guanidine groups is 1. The standard InChI is InChI=1S/C20H28N4/c1-15-11-16(2)13-19(12-15)8-10-23-20(21-4)22-9-7-18-6-5-17(3)24-14-18/h5-6,11-14H,7-10H2,1-4H3,(H2,21,22,23). The Balaban J connectivity index is 1.73. The summed E-state index contributed by atoms with van der Waals surface area (Å²) in [5, 5.41) is 6.73. The van der Waals surface area contributed by atoms with Gasteiger partial charge in [-0.2, -0.15) is 0 Å². The molecule has 0 spiro atoms. The van der Waals surface area contributed by atoms with Crippen molar-refractivity contribution in [1.82, 2.24) is 15.6 Å². The van der Waals surface area contributed by atoms with Crippen molar-refractivity contribution >= 4 is 5.96 Å². The molecule has 0 radical (unpaired) electrons. The maximum Gasteiger partial charge on any atom is 0.190 e. The van der Waals surface area contributed by atoms with Gasteiger partial charge in [0.25, 0.3) is 0 Å². The van der Waals surface area contributed by atoms with Gasteiger partial charge in [0.1, 0.15) is 0 Å². The minimum atomic E-state index is 0.841. The third-order valence-corrected chi connectivity index (χ3v) is 3.89. The summed E-state index contributed by atoms with van der Waals surface area (Å²) >= 11 is 0. The first-order valence-corrected chi connectivity index (χ1v) is 8.50. The van der Waals surface area contributed by atoms with Gasteiger partial charge < -0.3 is 10.6 Å². The molecule has 128 valence electrons. The zero-order valence-electron chi connectivity index (χ0n) is 15.2. The fourth-order valence-electron chi connectivity index (χ4n) is 2.73. The van der Waals surface area contributed by atoms with Gasteiger partial charge in [0.05, 0.1) is 0 Å². The average Bonchev–Trinajstić information content (AvgIpc) is 2.54. The number of aromatic nitrogens is 1. The molecule has 0 unspecified atom stereocenters. The van der Waals surface area contributed by atoms with E-state index in [1.54, 1.807) is 7.05 Å². The quantitative estimate of drug-likeness (QED) is 0.634. The first-order valence-electron chi connectivity index (χ1n) is 8.50. The molecule has 24 heavy (non-hydrogen) atoms. The Kier molecular flexibility index (Phi) is 6.79. The van der Waals surface area contributed by atoms with Gasteiger partial charge in [-0.15, -0.1) is 0 Å². The van der Waals surface area contributed by atoms with E-state index in [-0.39, 0.29) is 0 Å². The summed E-state index contributed by atoms with van der Waals surface area (Å²) in [6.45, 7) is 8.00. The van der Waals surface area contributed by atoms with Crippen LogP contribution in [0.5, 0.6) is 0 Å². The molecule has 0 amide bonds. The van der Waals surface area contributed by atoms with Crippen molar-refractivity contribution in [2.75, 3.05) is 20.1 Å². The molecule has 1 heterocycles. The number of pyridine rings is 1. The summed E-state index contributed by atoms with van der Waals surface area (Å²) in [6, 6.07) is 10.9. The SMILES string of the molecule is CN=C(NCCc1ccc(C)nc1)NCCc1cc(C)cc(C)c1. The van der Waals surface area contributed by atoms with Crippen LogP contribution in [-0.2, 0) is 12.8 Å². The Morgan fingerprint density at radius 3 is 2.08 bits per heavy atom. The van der Waals surface area contributed by atoms with Gasteiger partial charge in [-0.1, -0.05) is 35.4 Å². The van der Waals surface area contributed by atoms with Gasteiger partial charge in [0.15, 0.2) is 5.96 Å². The Hall–Kier alpha value is -2.36. The number of hydrogen-bond donors (Lipinski definition) is 2. The molecule has 0 aliphatic heterocycles. The molecule has 0 saturated heterocycles. The normalized spacial score (nSPS) is 11.4. The van der Waals surface area contributed by atoms with E-state index in [9.17, 15) is 0 Å². The highest BCUT2D eigenvalue weighted by atomic mass is 15.2. The third kappa shape index (κ3) is 6.03. The summed E-state index contributed by atoms with van der Waals surface area (Å²) in [7, 11) is 1.81. The lowest BCUT2D eigenvalue weighted by atomic mass is 10.1. The lowest BCUT2D eigenvalue weighted by Gasteiger charge is -2.12. The first kappa shape index (κ1) is 18.0. The van der Waals surface area contributed by atoms with E-state index in [4.69, 9.17) is 0 Å². The molecule has 2 rings (SSSR count). The number of benzene rings is 1. The number of aliphatic imine (C=N–C) groups is 1. The van der Waals surface area contributed by atoms with Gasteiger partial charge in [-0.25, -0.2) is 0 Å². The Morgan fingerprint density at radius 1 is 0.917 bits per heavy atom. The molecule has 1 aromatic carbocycles. The van der Waals surface area contributed by atoms with Crippen LogP contribution < -0.4 is 10.6 Å². The fourth-order valence-corrected chi connectivity index (χ4v) is 2.73. The highest BCUT2D eigenvalue weighted by molar-refractivity contribution is 5.79. The largest absolute Gasteiger partial charge is 0.356 e. The zero-order chi connectivity index (χ0) is 17.4. The second kappa shape index (κ2) is 9.06. The van der Waals surface area contributed by atoms with Crippen molar-refractivity contribution < 1.29 is 0 Å². The maximum atomic E-state index is 4.32. The summed E-state index contributed by atoms with van der Waals surface area (Å²) in [5.41, 5.74) is 6.29. The van der Waals surface area contributed by atoms with E-state index < -0.39 is 0 Å². The summed E-state index contributed by atoms with van der Waals surface area (Å²) in [5.74, 6) is 0.847. The molecule has 0 fully saturated rings. The molecule has 4 nitrogen and oxygen atoms in total. The average molecular weight is 324 g/mol. The molecule has 0 atom stereocenters. The number of aryl methyl sites for hydroxylation is 3. The van der Waals surface area contributed by atoms with Crippen LogP contribution in [0.3, 0.4) is 0 Å². The fraction of sp³-hybridized carbons (Fsp3) is 0.400. The van der Waals surface area contributed by atoms with Gasteiger partial charge in [-0.3, -0.25) is 9.98 Å². The molecule has 0 aliphatic carbocycles. The Labute approximate surface area is 145 Å². The summed E-state index contributed by atoms with van der Waals surface area (Å²) in [6.07, 6.45) is 3.86. The predicted molar refractivity (Wildman–Crippen MR) is 102 cm³/mol. The van der Waals surface area contributed by atoms with E-state index in [0.29, 0.717) is 0 Å². The molecule has 4 heteroatoms. The topological polar surface area (TPSA) is 49.3 Å². The van der Waals surface area contributed by atoms with E-state index in [0.717, 1.165) is 37.6 Å². The molecule has 0 bridgehead atoms. The van der Waals surface area contributed by atoms with Crippen molar-refractivity contribution in [3.63, 3.8) is 0 Å². The van der Waals surface area contributed by atoms with Crippen LogP contribution in [-0.4, -0.2) is 31.1 Å². The predicted octanol–water partition coefficient (Wildman–Crippen LogP) is 2.96. The monoisotopic (exact) mass is 324 g/mol. The van der Waals surface area contributed by atoms with Gasteiger partial charge in [0.2, 0.25) is 0 Å². The van der Waals surface area contributed by atoms with Crippen molar-refractivity contribution in [2.24, 2.45) is 4.99 Å². The second-order valence-electron chi connectivity index (χ2n) is 6.23. The molecule has 2 aromatic rings. The van der Waals surface area contributed by atoms with Crippen molar-refractivity contribution in [1.29, 1.82) is 0 Å². The van der Waals surface area contributed by atoms with Crippen molar-refractivity contribution in [2.45, 2.75) is 33.6 Å². The lowest BCUT2D eigenvalue weighted by molar-refractivity contribution is 0.782. The highest BCUT2D eigenvalue weighted by Gasteiger charge is 2.00. The molecule has 0 aliphatic rings. The molecule has 2 N–H and O–H groups in total. The first-order chi connectivity index (χ1) is 11.6. The Bertz CT molecular complexity index is 654. The van der Waals surface area contributed by atoms with Crippen LogP contribution in [0.15, 0.2) is 41.5 Å². The minimum Gasteiger partial charge on any atom is -0.356 e. The smallest absolute Gasteiger partial charge is 0.190 e. The van der Waals surface area contributed by atoms with Crippen molar-refractivity contribution in [3.8, 4) is 0 Å². The van der Waals surface area contributed by atoms with E-state index in [1.165, 1.54) is 22.3 Å². The van der Waals surface area contributed by atoms with Crippen LogP contribution in [0, 0.1) is 20.8 Å². The molecular formula is C20H28N4. The van der Waals surface area contributed by atoms with Gasteiger partial charge in [-0.05, 0) is 50.8 Å². The van der Waals surface area contributed by atoms with Gasteiger partial charge >= 0.3 is 0 Å². The molecular weight excluding hydrogens is 296 g/mol. The lowest BCUT2D eigenvalue weighted by Crippen LogP contribution is -2.39. The maximum absolute atomic E-state index is 4.32. The van der Waals surface area contributed by atoms with Gasteiger partial charge in [0, 0.05) is 32.0 Å². The van der Waals surface area contributed by atoms with Crippen LogP contribution in [0.25, 0.3) is 0 Å². The minimum absolute atomic E-state index is 0.841. The molecule has 0 saturated carbocycles. The van der Waals surface area contributed by atoms with Crippen LogP contribution >= 0.6 is 0 Å². The Morgan fingerprint density at radius 2 is 1.54 bits per heavy atom. The van der Waals surface area contributed by atoms with Crippen molar-refractivity contribution in [3.05, 3.63) is 64.5 Å². The number of nitrogens with zero attached hydrogens (tertiary/aromatic N) is 2. The number of rotatable bonds is 6. The van der Waals surface area contributed by atoms with Crippen LogP contribution in [0.4, 0.5) is 0 Å². The van der Waals surface area contributed by atoms with E-state index >= 15 is 0 Å². The second-order valence-corrected chi connectivity index (χ2v) is 6.23. The van der Waals surface area contributed by atoms with E-state index in [1.807, 2.05) is 19.2 Å². The summed E-state index contributed by atoms with van der Waals surface area (Å²) < 4.78 is 0. The summed E-state index contributed by atoms with van der Waals surface area (Å²) in [4.78, 5) is 8.60.